The lowest BCUT2D eigenvalue weighted by Gasteiger charge is -2.29. The van der Waals surface area contributed by atoms with E-state index in [0.29, 0.717) is 6.54 Å². The summed E-state index contributed by atoms with van der Waals surface area (Å²) in [6.45, 7) is 3.70. The van der Waals surface area contributed by atoms with E-state index in [0.717, 1.165) is 5.56 Å². The molecule has 0 atom stereocenters. The quantitative estimate of drug-likeness (QED) is 0.885. The van der Waals surface area contributed by atoms with Gasteiger partial charge in [-0.15, -0.1) is 0 Å². The van der Waals surface area contributed by atoms with E-state index >= 15 is 0 Å². The van der Waals surface area contributed by atoms with Crippen LogP contribution in [0.25, 0.3) is 0 Å². The van der Waals surface area contributed by atoms with E-state index in [9.17, 15) is 14.3 Å². The van der Waals surface area contributed by atoms with Gasteiger partial charge in [-0.25, -0.2) is 9.18 Å². The van der Waals surface area contributed by atoms with Gasteiger partial charge in [-0.2, -0.15) is 0 Å². The van der Waals surface area contributed by atoms with Crippen LogP contribution in [-0.4, -0.2) is 28.2 Å². The average molecular weight is 316 g/mol. The van der Waals surface area contributed by atoms with Gasteiger partial charge in [0.25, 0.3) is 0 Å². The van der Waals surface area contributed by atoms with Crippen LogP contribution in [-0.2, 0) is 6.54 Å². The lowest BCUT2D eigenvalue weighted by molar-refractivity contribution is 0.0469. The Bertz CT molecular complexity index is 654. The van der Waals surface area contributed by atoms with Gasteiger partial charge in [0.05, 0.1) is 17.8 Å². The Hall–Kier alpha value is -2.40. The molecule has 0 aliphatic carbocycles. The molecule has 2 N–H and O–H groups in total. The van der Waals surface area contributed by atoms with E-state index < -0.39 is 17.4 Å². The van der Waals surface area contributed by atoms with Crippen molar-refractivity contribution in [2.24, 2.45) is 0 Å². The Labute approximate surface area is 135 Å². The van der Waals surface area contributed by atoms with Crippen molar-refractivity contribution >= 4 is 11.7 Å². The van der Waals surface area contributed by atoms with Gasteiger partial charge in [0.1, 0.15) is 5.82 Å². The van der Waals surface area contributed by atoms with Crippen molar-refractivity contribution in [1.29, 1.82) is 0 Å². The van der Waals surface area contributed by atoms with E-state index in [1.807, 2.05) is 30.3 Å². The van der Waals surface area contributed by atoms with Crippen molar-refractivity contribution in [2.75, 3.05) is 11.9 Å². The zero-order chi connectivity index (χ0) is 16.9. The fraction of sp³-hybridized carbons (Fsp3) is 0.278. The lowest BCUT2D eigenvalue weighted by Crippen LogP contribution is -2.43. The maximum absolute atomic E-state index is 13.7. The highest BCUT2D eigenvalue weighted by Gasteiger charge is 2.23. The fourth-order valence-electron chi connectivity index (χ4n) is 2.23. The van der Waals surface area contributed by atoms with E-state index in [4.69, 9.17) is 0 Å². The monoisotopic (exact) mass is 316 g/mol. The number of benzene rings is 2. The second-order valence-electron chi connectivity index (χ2n) is 6.06. The summed E-state index contributed by atoms with van der Waals surface area (Å²) in [5.41, 5.74) is -0.00630. The topological polar surface area (TPSA) is 52.6 Å². The first-order valence-corrected chi connectivity index (χ1v) is 7.42. The molecule has 0 aliphatic rings. The van der Waals surface area contributed by atoms with Crippen LogP contribution in [0.1, 0.15) is 19.4 Å². The number of para-hydroxylation sites is 1. The minimum Gasteiger partial charge on any atom is -0.389 e. The van der Waals surface area contributed by atoms with Gasteiger partial charge >= 0.3 is 6.03 Å². The van der Waals surface area contributed by atoms with E-state index in [1.54, 1.807) is 26.0 Å². The number of carbonyl (C=O) groups excluding carboxylic acids is 1. The first kappa shape index (κ1) is 17.0. The predicted octanol–water partition coefficient (Wildman–Crippen LogP) is 3.63. The van der Waals surface area contributed by atoms with Crippen LogP contribution < -0.4 is 5.32 Å². The number of anilines is 1. The first-order valence-electron chi connectivity index (χ1n) is 7.42. The van der Waals surface area contributed by atoms with Crippen LogP contribution >= 0.6 is 0 Å². The standard InChI is InChI=1S/C18H21FN2O2/c1-18(2,23)13-21(12-14-8-4-3-5-9-14)17(22)20-16-11-7-6-10-15(16)19/h3-11,23H,12-13H2,1-2H3,(H,20,22). The van der Waals surface area contributed by atoms with Crippen molar-refractivity contribution in [3.05, 3.63) is 66.0 Å². The zero-order valence-electron chi connectivity index (χ0n) is 13.3. The van der Waals surface area contributed by atoms with Crippen molar-refractivity contribution in [1.82, 2.24) is 4.90 Å². The fourth-order valence-corrected chi connectivity index (χ4v) is 2.23. The highest BCUT2D eigenvalue weighted by Crippen LogP contribution is 2.16. The predicted molar refractivity (Wildman–Crippen MR) is 88.6 cm³/mol. The molecule has 0 fully saturated rings. The second kappa shape index (κ2) is 7.24. The molecule has 0 unspecified atom stereocenters. The number of carbonyl (C=O) groups is 1. The third-order valence-corrected chi connectivity index (χ3v) is 3.20. The van der Waals surface area contributed by atoms with Crippen LogP contribution in [0.5, 0.6) is 0 Å². The summed E-state index contributed by atoms with van der Waals surface area (Å²) in [5.74, 6) is -0.497. The molecule has 2 rings (SSSR count). The number of hydrogen-bond donors (Lipinski definition) is 2. The van der Waals surface area contributed by atoms with Crippen molar-refractivity contribution in [2.45, 2.75) is 26.0 Å². The molecule has 23 heavy (non-hydrogen) atoms. The molecule has 0 aromatic heterocycles. The minimum atomic E-state index is -1.05. The number of hydrogen-bond acceptors (Lipinski definition) is 2. The molecule has 0 bridgehead atoms. The van der Waals surface area contributed by atoms with Crippen LogP contribution in [0.4, 0.5) is 14.9 Å². The summed E-state index contributed by atoms with van der Waals surface area (Å²) in [6.07, 6.45) is 0. The molecule has 5 heteroatoms. The molecular formula is C18H21FN2O2. The average Bonchev–Trinajstić information content (AvgIpc) is 2.48. The van der Waals surface area contributed by atoms with Gasteiger partial charge in [-0.1, -0.05) is 42.5 Å². The number of amides is 2. The summed E-state index contributed by atoms with van der Waals surface area (Å²) < 4.78 is 13.7. The molecule has 0 heterocycles. The normalized spacial score (nSPS) is 11.1. The maximum Gasteiger partial charge on any atom is 0.322 e. The number of halogens is 1. The Morgan fingerprint density at radius 2 is 1.74 bits per heavy atom. The molecule has 2 aromatic carbocycles. The number of nitrogens with zero attached hydrogens (tertiary/aromatic N) is 1. The smallest absolute Gasteiger partial charge is 0.322 e. The van der Waals surface area contributed by atoms with Crippen molar-refractivity contribution < 1.29 is 14.3 Å². The van der Waals surface area contributed by atoms with E-state index in [2.05, 4.69) is 5.32 Å². The molecule has 2 aromatic rings. The SMILES string of the molecule is CC(C)(O)CN(Cc1ccccc1)C(=O)Nc1ccccc1F. The summed E-state index contributed by atoms with van der Waals surface area (Å²) >= 11 is 0. The molecule has 0 saturated heterocycles. The van der Waals surface area contributed by atoms with Crippen LogP contribution in [0.15, 0.2) is 54.6 Å². The van der Waals surface area contributed by atoms with E-state index in [1.165, 1.54) is 17.0 Å². The number of rotatable bonds is 5. The lowest BCUT2D eigenvalue weighted by atomic mass is 10.1. The van der Waals surface area contributed by atoms with Crippen molar-refractivity contribution in [3.8, 4) is 0 Å². The largest absolute Gasteiger partial charge is 0.389 e. The number of nitrogens with one attached hydrogen (secondary N) is 1. The third-order valence-electron chi connectivity index (χ3n) is 3.20. The van der Waals surface area contributed by atoms with Gasteiger partial charge in [0.2, 0.25) is 0 Å². The van der Waals surface area contributed by atoms with Gasteiger partial charge in [-0.3, -0.25) is 0 Å². The number of aliphatic hydroxyl groups is 1. The Kier molecular flexibility index (Phi) is 5.34. The maximum atomic E-state index is 13.7. The highest BCUT2D eigenvalue weighted by molar-refractivity contribution is 5.89. The zero-order valence-corrected chi connectivity index (χ0v) is 13.3. The van der Waals surface area contributed by atoms with Crippen LogP contribution in [0.2, 0.25) is 0 Å². The molecule has 122 valence electrons. The van der Waals surface area contributed by atoms with Crippen LogP contribution in [0, 0.1) is 5.82 Å². The molecule has 2 amide bonds. The third kappa shape index (κ3) is 5.38. The second-order valence-corrected chi connectivity index (χ2v) is 6.06. The summed E-state index contributed by atoms with van der Waals surface area (Å²) in [5, 5.41) is 12.6. The summed E-state index contributed by atoms with van der Waals surface area (Å²) in [7, 11) is 0. The molecular weight excluding hydrogens is 295 g/mol. The Balaban J connectivity index is 2.15. The summed E-state index contributed by atoms with van der Waals surface area (Å²) in [4.78, 5) is 13.9. The highest BCUT2D eigenvalue weighted by atomic mass is 19.1. The van der Waals surface area contributed by atoms with Gasteiger partial charge < -0.3 is 15.3 Å². The summed E-state index contributed by atoms with van der Waals surface area (Å²) in [6, 6.07) is 15.0. The number of urea groups is 1. The van der Waals surface area contributed by atoms with Gasteiger partial charge in [0.15, 0.2) is 0 Å². The van der Waals surface area contributed by atoms with Gasteiger partial charge in [-0.05, 0) is 31.5 Å². The molecule has 0 saturated carbocycles. The molecule has 4 nitrogen and oxygen atoms in total. The molecule has 0 radical (unpaired) electrons. The van der Waals surface area contributed by atoms with Crippen molar-refractivity contribution in [3.63, 3.8) is 0 Å². The van der Waals surface area contributed by atoms with E-state index in [-0.39, 0.29) is 12.2 Å². The Morgan fingerprint density at radius 1 is 1.13 bits per heavy atom. The molecule has 0 aliphatic heterocycles. The first-order chi connectivity index (χ1) is 10.8. The Morgan fingerprint density at radius 3 is 2.35 bits per heavy atom. The van der Waals surface area contributed by atoms with Crippen LogP contribution in [0.3, 0.4) is 0 Å². The van der Waals surface area contributed by atoms with Gasteiger partial charge in [0, 0.05) is 6.54 Å². The molecule has 0 spiro atoms. The minimum absolute atomic E-state index is 0.117.